The molecule has 0 aliphatic heterocycles. The molecule has 0 bridgehead atoms. The van der Waals surface area contributed by atoms with Crippen LogP contribution in [0.25, 0.3) is 0 Å². The lowest BCUT2D eigenvalue weighted by Gasteiger charge is -2.08. The van der Waals surface area contributed by atoms with Gasteiger partial charge in [0.15, 0.2) is 0 Å². The lowest BCUT2D eigenvalue weighted by molar-refractivity contribution is -0.136. The molecule has 1 atom stereocenters. The first-order valence-corrected chi connectivity index (χ1v) is 3.99. The van der Waals surface area contributed by atoms with E-state index in [1.807, 2.05) is 13.8 Å². The maximum atomic E-state index is 11.0. The van der Waals surface area contributed by atoms with E-state index in [4.69, 9.17) is 5.73 Å². The first-order valence-electron chi connectivity index (χ1n) is 3.99. The lowest BCUT2D eigenvalue weighted by Crippen LogP contribution is -2.16. The van der Waals surface area contributed by atoms with Crippen LogP contribution in [0.15, 0.2) is 11.1 Å². The molecule has 3 heteroatoms. The molecule has 0 aromatic heterocycles. The quantitative estimate of drug-likeness (QED) is 0.513. The van der Waals surface area contributed by atoms with Crippen LogP contribution in [0.2, 0.25) is 0 Å². The van der Waals surface area contributed by atoms with Crippen molar-refractivity contribution in [3.8, 4) is 0 Å². The third-order valence-corrected chi connectivity index (χ3v) is 1.76. The van der Waals surface area contributed by atoms with E-state index in [2.05, 4.69) is 4.74 Å². The molecule has 12 heavy (non-hydrogen) atoms. The Morgan fingerprint density at radius 1 is 1.50 bits per heavy atom. The van der Waals surface area contributed by atoms with Crippen LogP contribution in [0.3, 0.4) is 0 Å². The summed E-state index contributed by atoms with van der Waals surface area (Å²) in [7, 11) is 1.38. The summed E-state index contributed by atoms with van der Waals surface area (Å²) in [5, 5.41) is 0. The molecule has 0 aliphatic rings. The normalized spacial score (nSPS) is 15.1. The number of hydrogen-bond acceptors (Lipinski definition) is 3. The second-order valence-electron chi connectivity index (χ2n) is 3.08. The fourth-order valence-electron chi connectivity index (χ4n) is 0.963. The summed E-state index contributed by atoms with van der Waals surface area (Å²) in [5.74, 6) is -0.270. The van der Waals surface area contributed by atoms with Crippen molar-refractivity contribution in [2.75, 3.05) is 7.11 Å². The minimum absolute atomic E-state index is 0.0876. The molecule has 2 N–H and O–H groups in total. The fraction of sp³-hybridized carbons (Fsp3) is 0.667. The van der Waals surface area contributed by atoms with Crippen LogP contribution >= 0.6 is 0 Å². The molecule has 0 spiro atoms. The average molecular weight is 171 g/mol. The summed E-state index contributed by atoms with van der Waals surface area (Å²) < 4.78 is 4.58. The molecule has 0 aliphatic carbocycles. The molecule has 3 nitrogen and oxygen atoms in total. The van der Waals surface area contributed by atoms with Gasteiger partial charge < -0.3 is 10.5 Å². The van der Waals surface area contributed by atoms with Gasteiger partial charge >= 0.3 is 5.97 Å². The molecular weight excluding hydrogens is 154 g/mol. The number of carbonyl (C=O) groups is 1. The van der Waals surface area contributed by atoms with Crippen molar-refractivity contribution in [1.82, 2.24) is 0 Å². The van der Waals surface area contributed by atoms with Crippen LogP contribution in [-0.4, -0.2) is 19.1 Å². The number of ether oxygens (including phenoxy) is 1. The van der Waals surface area contributed by atoms with Gasteiger partial charge in [0.25, 0.3) is 0 Å². The molecular formula is C9H17NO2. The van der Waals surface area contributed by atoms with Gasteiger partial charge in [-0.25, -0.2) is 4.79 Å². The summed E-state index contributed by atoms with van der Waals surface area (Å²) in [4.78, 5) is 11.0. The number of nitrogens with two attached hydrogens (primary N) is 1. The third kappa shape index (κ3) is 3.53. The van der Waals surface area contributed by atoms with E-state index in [0.717, 1.165) is 12.0 Å². The van der Waals surface area contributed by atoms with Gasteiger partial charge in [-0.15, -0.1) is 0 Å². The summed E-state index contributed by atoms with van der Waals surface area (Å²) in [6.07, 6.45) is 0.737. The van der Waals surface area contributed by atoms with Gasteiger partial charge in [-0.3, -0.25) is 0 Å². The van der Waals surface area contributed by atoms with Crippen LogP contribution in [0.5, 0.6) is 0 Å². The first kappa shape index (κ1) is 11.2. The molecule has 0 heterocycles. The van der Waals surface area contributed by atoms with Crippen LogP contribution in [0, 0.1) is 0 Å². The zero-order valence-electron chi connectivity index (χ0n) is 8.18. The van der Waals surface area contributed by atoms with E-state index in [9.17, 15) is 4.79 Å². The van der Waals surface area contributed by atoms with Gasteiger partial charge in [-0.2, -0.15) is 0 Å². The highest BCUT2D eigenvalue weighted by Gasteiger charge is 2.08. The van der Waals surface area contributed by atoms with Gasteiger partial charge in [0, 0.05) is 11.6 Å². The number of esters is 1. The zero-order chi connectivity index (χ0) is 9.72. The van der Waals surface area contributed by atoms with Crippen LogP contribution in [0.1, 0.15) is 27.2 Å². The number of carbonyl (C=O) groups excluding carboxylic acids is 1. The largest absolute Gasteiger partial charge is 0.466 e. The van der Waals surface area contributed by atoms with Crippen LogP contribution in [0.4, 0.5) is 0 Å². The van der Waals surface area contributed by atoms with Crippen molar-refractivity contribution in [1.29, 1.82) is 0 Å². The van der Waals surface area contributed by atoms with E-state index in [-0.39, 0.29) is 12.0 Å². The summed E-state index contributed by atoms with van der Waals surface area (Å²) in [6.45, 7) is 5.56. The topological polar surface area (TPSA) is 52.3 Å². The monoisotopic (exact) mass is 171 g/mol. The number of methoxy groups -OCH3 is 1. The Morgan fingerprint density at radius 2 is 2.00 bits per heavy atom. The maximum Gasteiger partial charge on any atom is 0.333 e. The molecule has 0 fully saturated rings. The summed E-state index contributed by atoms with van der Waals surface area (Å²) in [5.41, 5.74) is 7.25. The standard InChI is InChI=1S/C9H17NO2/c1-6(5-7(2)10)8(3)9(11)12-4/h7H,5,10H2,1-4H3. The number of rotatable bonds is 3. The lowest BCUT2D eigenvalue weighted by atomic mass is 10.0. The predicted octanol–water partition coefficient (Wildman–Crippen LogP) is 1.23. The van der Waals surface area contributed by atoms with E-state index in [0.29, 0.717) is 5.57 Å². The molecule has 0 rings (SSSR count). The minimum Gasteiger partial charge on any atom is -0.466 e. The van der Waals surface area contributed by atoms with Gasteiger partial charge in [0.05, 0.1) is 7.11 Å². The fourth-order valence-corrected chi connectivity index (χ4v) is 0.963. The Hall–Kier alpha value is -0.830. The van der Waals surface area contributed by atoms with Crippen molar-refractivity contribution in [3.63, 3.8) is 0 Å². The van der Waals surface area contributed by atoms with Crippen LogP contribution in [-0.2, 0) is 9.53 Å². The Morgan fingerprint density at radius 3 is 2.33 bits per heavy atom. The van der Waals surface area contributed by atoms with Crippen molar-refractivity contribution in [2.45, 2.75) is 33.2 Å². The SMILES string of the molecule is COC(=O)C(C)=C(C)CC(C)N. The maximum absolute atomic E-state index is 11.0. The second kappa shape index (κ2) is 4.93. The molecule has 0 saturated carbocycles. The van der Waals surface area contributed by atoms with E-state index < -0.39 is 0 Å². The van der Waals surface area contributed by atoms with Crippen molar-refractivity contribution < 1.29 is 9.53 Å². The highest BCUT2D eigenvalue weighted by atomic mass is 16.5. The van der Waals surface area contributed by atoms with Crippen molar-refractivity contribution in [3.05, 3.63) is 11.1 Å². The molecule has 0 aromatic carbocycles. The van der Waals surface area contributed by atoms with Crippen molar-refractivity contribution in [2.24, 2.45) is 5.73 Å². The molecule has 0 saturated heterocycles. The molecule has 0 aromatic rings. The number of hydrogen-bond donors (Lipinski definition) is 1. The minimum atomic E-state index is -0.270. The second-order valence-corrected chi connectivity index (χ2v) is 3.08. The molecule has 70 valence electrons. The summed E-state index contributed by atoms with van der Waals surface area (Å²) >= 11 is 0. The molecule has 1 unspecified atom stereocenters. The van der Waals surface area contributed by atoms with Crippen molar-refractivity contribution >= 4 is 5.97 Å². The zero-order valence-corrected chi connectivity index (χ0v) is 8.18. The first-order chi connectivity index (χ1) is 5.49. The highest BCUT2D eigenvalue weighted by Crippen LogP contribution is 2.10. The Bertz CT molecular complexity index is 195. The predicted molar refractivity (Wildman–Crippen MR) is 48.7 cm³/mol. The van der Waals surface area contributed by atoms with Gasteiger partial charge in [0.2, 0.25) is 0 Å². The van der Waals surface area contributed by atoms with E-state index >= 15 is 0 Å². The smallest absolute Gasteiger partial charge is 0.333 e. The van der Waals surface area contributed by atoms with E-state index in [1.54, 1.807) is 6.92 Å². The Balaban J connectivity index is 4.35. The van der Waals surface area contributed by atoms with Gasteiger partial charge in [0.1, 0.15) is 0 Å². The Kier molecular flexibility index (Phi) is 4.59. The molecule has 0 radical (unpaired) electrons. The van der Waals surface area contributed by atoms with Gasteiger partial charge in [-0.05, 0) is 27.2 Å². The van der Waals surface area contributed by atoms with E-state index in [1.165, 1.54) is 7.11 Å². The highest BCUT2D eigenvalue weighted by molar-refractivity contribution is 5.88. The summed E-state index contributed by atoms with van der Waals surface area (Å²) in [6, 6.07) is 0.0876. The molecule has 0 amide bonds. The average Bonchev–Trinajstić information content (AvgIpc) is 2.00. The Labute approximate surface area is 73.6 Å². The third-order valence-electron chi connectivity index (χ3n) is 1.76. The van der Waals surface area contributed by atoms with Crippen LogP contribution < -0.4 is 5.73 Å². The van der Waals surface area contributed by atoms with Gasteiger partial charge in [-0.1, -0.05) is 5.57 Å².